The highest BCUT2D eigenvalue weighted by molar-refractivity contribution is 7.99. The van der Waals surface area contributed by atoms with Gasteiger partial charge >= 0.3 is 0 Å². The van der Waals surface area contributed by atoms with Crippen molar-refractivity contribution >= 4 is 23.6 Å². The van der Waals surface area contributed by atoms with E-state index < -0.39 is 12.1 Å². The molecule has 0 unspecified atom stereocenters. The van der Waals surface area contributed by atoms with Crippen LogP contribution in [0.15, 0.2) is 42.5 Å². The minimum atomic E-state index is -0.779. The van der Waals surface area contributed by atoms with Gasteiger partial charge < -0.3 is 21.5 Å². The van der Waals surface area contributed by atoms with Gasteiger partial charge in [0.25, 0.3) is 0 Å². The third kappa shape index (κ3) is 9.10. The summed E-state index contributed by atoms with van der Waals surface area (Å²) in [6.07, 6.45) is 2.62. The van der Waals surface area contributed by atoms with Gasteiger partial charge in [-0.05, 0) is 85.4 Å². The van der Waals surface area contributed by atoms with Crippen molar-refractivity contribution in [3.63, 3.8) is 0 Å². The number of carbonyl (C=O) groups is 2. The number of phenolic OH excluding ortho intramolecular Hbond substituents is 1. The van der Waals surface area contributed by atoms with Crippen molar-refractivity contribution in [1.29, 1.82) is 0 Å². The van der Waals surface area contributed by atoms with Crippen LogP contribution in [-0.2, 0) is 22.4 Å². The number of hydrogen-bond acceptors (Lipinski definition) is 5. The zero-order chi connectivity index (χ0) is 24.2. The third-order valence-electron chi connectivity index (χ3n) is 5.61. The summed E-state index contributed by atoms with van der Waals surface area (Å²) in [6, 6.07) is 12.1. The molecule has 2 aromatic rings. The molecule has 6 nitrogen and oxygen atoms in total. The number of rotatable bonds is 13. The van der Waals surface area contributed by atoms with Gasteiger partial charge in [-0.25, -0.2) is 0 Å². The fourth-order valence-corrected chi connectivity index (χ4v) is 4.46. The maximum atomic E-state index is 12.8. The van der Waals surface area contributed by atoms with Crippen molar-refractivity contribution in [2.45, 2.75) is 58.5 Å². The van der Waals surface area contributed by atoms with Crippen LogP contribution in [0.1, 0.15) is 42.0 Å². The average molecular weight is 472 g/mol. The van der Waals surface area contributed by atoms with Crippen LogP contribution >= 0.6 is 11.8 Å². The molecule has 0 aliphatic heterocycles. The lowest BCUT2D eigenvalue weighted by Crippen LogP contribution is -2.52. The molecule has 180 valence electrons. The first-order valence-electron chi connectivity index (χ1n) is 11.6. The predicted molar refractivity (Wildman–Crippen MR) is 137 cm³/mol. The molecule has 0 aromatic heterocycles. The number of aryl methyl sites for hydroxylation is 3. The smallest absolute Gasteiger partial charge is 0.242 e. The lowest BCUT2D eigenvalue weighted by atomic mass is 9.96. The zero-order valence-corrected chi connectivity index (χ0v) is 20.7. The Morgan fingerprint density at radius 1 is 1.09 bits per heavy atom. The molecular formula is C26H37N3O3S. The fourth-order valence-electron chi connectivity index (χ4n) is 3.77. The Bertz CT molecular complexity index is 882. The number of nitrogens with one attached hydrogen (secondary N) is 2. The first kappa shape index (κ1) is 26.7. The molecule has 33 heavy (non-hydrogen) atoms. The Morgan fingerprint density at radius 2 is 1.76 bits per heavy atom. The van der Waals surface area contributed by atoms with E-state index in [1.54, 1.807) is 23.9 Å². The summed E-state index contributed by atoms with van der Waals surface area (Å²) in [5.41, 5.74) is 10.2. The first-order valence-corrected chi connectivity index (χ1v) is 12.7. The summed E-state index contributed by atoms with van der Waals surface area (Å²) in [4.78, 5) is 25.6. The van der Waals surface area contributed by atoms with E-state index in [1.807, 2.05) is 32.0 Å². The summed E-state index contributed by atoms with van der Waals surface area (Å²) >= 11 is 1.74. The first-order chi connectivity index (χ1) is 15.8. The van der Waals surface area contributed by atoms with Crippen molar-refractivity contribution in [2.24, 2.45) is 5.73 Å². The molecule has 0 saturated carbocycles. The van der Waals surface area contributed by atoms with Crippen LogP contribution in [0.25, 0.3) is 0 Å². The van der Waals surface area contributed by atoms with Crippen LogP contribution in [0, 0.1) is 13.8 Å². The summed E-state index contributed by atoms with van der Waals surface area (Å²) in [5, 5.41) is 15.6. The van der Waals surface area contributed by atoms with Gasteiger partial charge in [0.1, 0.15) is 11.8 Å². The number of hydrogen-bond donors (Lipinski definition) is 4. The predicted octanol–water partition coefficient (Wildman–Crippen LogP) is 3.26. The van der Waals surface area contributed by atoms with Gasteiger partial charge in [-0.2, -0.15) is 11.8 Å². The van der Waals surface area contributed by atoms with Crippen LogP contribution in [0.2, 0.25) is 0 Å². The molecule has 0 bridgehead atoms. The summed E-state index contributed by atoms with van der Waals surface area (Å²) < 4.78 is 0. The van der Waals surface area contributed by atoms with E-state index in [9.17, 15) is 14.7 Å². The molecule has 2 aromatic carbocycles. The number of benzene rings is 2. The molecule has 0 heterocycles. The minimum absolute atomic E-state index is 0.169. The summed E-state index contributed by atoms with van der Waals surface area (Å²) in [6.45, 7) is 6.40. The second-order valence-electron chi connectivity index (χ2n) is 8.30. The van der Waals surface area contributed by atoms with Crippen LogP contribution in [-0.4, -0.2) is 47.1 Å². The van der Waals surface area contributed by atoms with Gasteiger partial charge in [0, 0.05) is 6.54 Å². The maximum absolute atomic E-state index is 12.8. The number of amides is 2. The van der Waals surface area contributed by atoms with Crippen LogP contribution < -0.4 is 16.4 Å². The zero-order valence-electron chi connectivity index (χ0n) is 19.9. The Hall–Kier alpha value is -2.51. The van der Waals surface area contributed by atoms with E-state index in [-0.39, 0.29) is 17.6 Å². The highest BCUT2D eigenvalue weighted by Gasteiger charge is 2.24. The highest BCUT2D eigenvalue weighted by atomic mass is 32.2. The SMILES string of the molecule is CCSCC[C@@H](NC(=O)[C@@H](N)Cc1c(C)cc(O)cc1C)C(=O)NCCCc1ccccc1. The Kier molecular flexibility index (Phi) is 11.3. The van der Waals surface area contributed by atoms with E-state index >= 15 is 0 Å². The lowest BCUT2D eigenvalue weighted by Gasteiger charge is -2.21. The second-order valence-corrected chi connectivity index (χ2v) is 9.69. The Balaban J connectivity index is 1.92. The van der Waals surface area contributed by atoms with E-state index in [0.29, 0.717) is 19.4 Å². The van der Waals surface area contributed by atoms with Crippen molar-refractivity contribution in [1.82, 2.24) is 10.6 Å². The van der Waals surface area contributed by atoms with Crippen molar-refractivity contribution < 1.29 is 14.7 Å². The molecular weight excluding hydrogens is 434 g/mol. The topological polar surface area (TPSA) is 104 Å². The van der Waals surface area contributed by atoms with Gasteiger partial charge in [0.2, 0.25) is 11.8 Å². The number of phenols is 1. The van der Waals surface area contributed by atoms with E-state index in [1.165, 1.54) is 5.56 Å². The fraction of sp³-hybridized carbons (Fsp3) is 0.462. The normalized spacial score (nSPS) is 12.7. The number of carbonyl (C=O) groups excluding carboxylic acids is 2. The molecule has 0 aliphatic rings. The van der Waals surface area contributed by atoms with Crippen molar-refractivity contribution in [3.8, 4) is 5.75 Å². The molecule has 0 radical (unpaired) electrons. The van der Waals surface area contributed by atoms with Crippen LogP contribution in [0.3, 0.4) is 0 Å². The maximum Gasteiger partial charge on any atom is 0.242 e. The van der Waals surface area contributed by atoms with Crippen molar-refractivity contribution in [3.05, 3.63) is 64.7 Å². The molecule has 0 saturated heterocycles. The van der Waals surface area contributed by atoms with Crippen molar-refractivity contribution in [2.75, 3.05) is 18.1 Å². The molecule has 2 rings (SSSR count). The van der Waals surface area contributed by atoms with Gasteiger partial charge in [0.15, 0.2) is 0 Å². The standard InChI is InChI=1S/C26H37N3O3S/c1-4-33-14-12-24(26(32)28-13-8-11-20-9-6-5-7-10-20)29-25(31)23(27)17-22-18(2)15-21(30)16-19(22)3/h5-7,9-10,15-16,23-24,30H,4,8,11-14,17,27H2,1-3H3,(H,28,32)(H,29,31)/t23-,24+/m0/s1. The minimum Gasteiger partial charge on any atom is -0.508 e. The van der Waals surface area contributed by atoms with E-state index in [4.69, 9.17) is 5.73 Å². The van der Waals surface area contributed by atoms with Gasteiger partial charge in [-0.3, -0.25) is 9.59 Å². The van der Waals surface area contributed by atoms with Crippen LogP contribution in [0.5, 0.6) is 5.75 Å². The Morgan fingerprint density at radius 3 is 2.39 bits per heavy atom. The Labute approximate surface area is 201 Å². The largest absolute Gasteiger partial charge is 0.508 e. The summed E-state index contributed by atoms with van der Waals surface area (Å²) in [7, 11) is 0. The molecule has 5 N–H and O–H groups in total. The second kappa shape index (κ2) is 13.9. The molecule has 2 atom stereocenters. The van der Waals surface area contributed by atoms with Gasteiger partial charge in [-0.15, -0.1) is 0 Å². The van der Waals surface area contributed by atoms with E-state index in [2.05, 4.69) is 29.7 Å². The lowest BCUT2D eigenvalue weighted by molar-refractivity contribution is -0.129. The van der Waals surface area contributed by atoms with Gasteiger partial charge in [-0.1, -0.05) is 37.3 Å². The number of aromatic hydroxyl groups is 1. The quantitative estimate of drug-likeness (QED) is 0.336. The third-order valence-corrected chi connectivity index (χ3v) is 6.55. The number of nitrogens with two attached hydrogens (primary N) is 1. The van der Waals surface area contributed by atoms with Gasteiger partial charge in [0.05, 0.1) is 6.04 Å². The number of thioether (sulfide) groups is 1. The molecule has 2 amide bonds. The van der Waals surface area contributed by atoms with Crippen LogP contribution in [0.4, 0.5) is 0 Å². The molecule has 0 fully saturated rings. The molecule has 0 spiro atoms. The average Bonchev–Trinajstić information content (AvgIpc) is 2.78. The monoisotopic (exact) mass is 471 g/mol. The summed E-state index contributed by atoms with van der Waals surface area (Å²) in [5.74, 6) is 1.43. The highest BCUT2D eigenvalue weighted by Crippen LogP contribution is 2.21. The molecule has 0 aliphatic carbocycles. The molecule has 7 heteroatoms. The van der Waals surface area contributed by atoms with E-state index in [0.717, 1.165) is 41.0 Å².